The zero-order valence-electron chi connectivity index (χ0n) is 24.9. The molecule has 1 nitrogen and oxygen atoms in total. The van der Waals surface area contributed by atoms with Crippen LogP contribution in [0, 0.1) is 0 Å². The van der Waals surface area contributed by atoms with Crippen LogP contribution in [0.15, 0.2) is 182 Å². The number of fused-ring (bicyclic) bond motifs is 1. The van der Waals surface area contributed by atoms with E-state index in [1.807, 2.05) is 42.5 Å². The van der Waals surface area contributed by atoms with E-state index in [4.69, 9.17) is 0 Å². The van der Waals surface area contributed by atoms with Crippen molar-refractivity contribution in [2.24, 2.45) is 0 Å². The monoisotopic (exact) mass is 595 g/mol. The minimum atomic E-state index is -2.82. The second-order valence-electron chi connectivity index (χ2n) is 11.3. The first-order valence-electron chi connectivity index (χ1n) is 15.3. The molecule has 0 amide bonds. The molecule has 0 saturated heterocycles. The van der Waals surface area contributed by atoms with E-state index < -0.39 is 7.49 Å². The SMILES string of the molecule is O[P+](c1ccccc1)(c1ccc(C=Cc2ccc(B(c3ccccc3)c3ccccc3)cc2)cc1)c1ccc2ccccc2c1. The van der Waals surface area contributed by atoms with Crippen LogP contribution in [0.2, 0.25) is 0 Å². The lowest BCUT2D eigenvalue weighted by atomic mass is 9.37. The highest BCUT2D eigenvalue weighted by atomic mass is 31.2. The summed E-state index contributed by atoms with van der Waals surface area (Å²) in [5.74, 6) is 0. The summed E-state index contributed by atoms with van der Waals surface area (Å²) < 4.78 is 0. The zero-order valence-corrected chi connectivity index (χ0v) is 25.8. The van der Waals surface area contributed by atoms with Gasteiger partial charge in [0.15, 0.2) is 0 Å². The van der Waals surface area contributed by atoms with Gasteiger partial charge in [-0.1, -0.05) is 174 Å². The van der Waals surface area contributed by atoms with Crippen LogP contribution in [0.3, 0.4) is 0 Å². The molecular weight excluding hydrogens is 562 g/mol. The van der Waals surface area contributed by atoms with Crippen molar-refractivity contribution in [2.45, 2.75) is 0 Å². The average Bonchev–Trinajstić information content (AvgIpc) is 3.12. The molecule has 0 spiro atoms. The van der Waals surface area contributed by atoms with Gasteiger partial charge in [-0.2, -0.15) is 0 Å². The van der Waals surface area contributed by atoms with Crippen LogP contribution >= 0.6 is 7.49 Å². The average molecular weight is 596 g/mol. The third kappa shape index (κ3) is 6.04. The smallest absolute Gasteiger partial charge is 0.235 e. The Labute approximate surface area is 266 Å². The molecule has 214 valence electrons. The van der Waals surface area contributed by atoms with Crippen LogP contribution in [0.4, 0.5) is 0 Å². The molecule has 1 unspecified atom stereocenters. The molecule has 0 aliphatic heterocycles. The molecule has 45 heavy (non-hydrogen) atoms. The minimum absolute atomic E-state index is 0.187. The summed E-state index contributed by atoms with van der Waals surface area (Å²) in [6, 6.07) is 63.4. The standard InChI is InChI=1S/C42H33BOP/c44-45(40-18-8-3-9-19-40,42-31-26-35-12-10-11-13-36(35)32-42)41-29-24-34(25-30-41)21-20-33-22-27-39(28-23-33)43(37-14-4-1-5-15-37)38-16-6-2-7-17-38/h1-32,44H/q+1. The summed E-state index contributed by atoms with van der Waals surface area (Å²) in [5.41, 5.74) is 6.08. The van der Waals surface area contributed by atoms with Gasteiger partial charge >= 0.3 is 0 Å². The Morgan fingerprint density at radius 3 is 1.38 bits per heavy atom. The summed E-state index contributed by atoms with van der Waals surface area (Å²) >= 11 is 0. The first-order valence-corrected chi connectivity index (χ1v) is 17.1. The van der Waals surface area contributed by atoms with Gasteiger partial charge in [-0.25, -0.2) is 4.89 Å². The highest BCUT2D eigenvalue weighted by molar-refractivity contribution is 7.91. The van der Waals surface area contributed by atoms with Crippen molar-refractivity contribution in [3.63, 3.8) is 0 Å². The zero-order chi connectivity index (χ0) is 30.5. The maximum absolute atomic E-state index is 12.5. The Kier molecular flexibility index (Phi) is 8.26. The van der Waals surface area contributed by atoms with Gasteiger partial charge in [-0.05, 0) is 58.3 Å². The molecule has 7 rings (SSSR count). The van der Waals surface area contributed by atoms with Crippen LogP contribution in [0.25, 0.3) is 22.9 Å². The quantitative estimate of drug-likeness (QED) is 0.117. The molecule has 7 aromatic carbocycles. The van der Waals surface area contributed by atoms with Crippen molar-refractivity contribution in [1.82, 2.24) is 0 Å². The van der Waals surface area contributed by atoms with E-state index in [0.29, 0.717) is 0 Å². The van der Waals surface area contributed by atoms with E-state index in [0.717, 1.165) is 32.4 Å². The van der Waals surface area contributed by atoms with Crippen LogP contribution < -0.4 is 32.3 Å². The molecule has 1 atom stereocenters. The molecule has 0 aromatic heterocycles. The molecule has 0 fully saturated rings. The molecule has 0 bridgehead atoms. The first kappa shape index (κ1) is 28.7. The van der Waals surface area contributed by atoms with Crippen molar-refractivity contribution in [3.8, 4) is 0 Å². The number of benzene rings is 7. The van der Waals surface area contributed by atoms with Gasteiger partial charge in [0.1, 0.15) is 15.9 Å². The van der Waals surface area contributed by atoms with Crippen molar-refractivity contribution < 1.29 is 4.89 Å². The fraction of sp³-hybridized carbons (Fsp3) is 0. The van der Waals surface area contributed by atoms with Gasteiger partial charge in [-0.3, -0.25) is 0 Å². The van der Waals surface area contributed by atoms with E-state index in [-0.39, 0.29) is 6.71 Å². The Bertz CT molecular complexity index is 2000. The Balaban J connectivity index is 1.16. The van der Waals surface area contributed by atoms with Crippen molar-refractivity contribution in [3.05, 3.63) is 193 Å². The highest BCUT2D eigenvalue weighted by Crippen LogP contribution is 2.51. The Morgan fingerprint density at radius 1 is 0.378 bits per heavy atom. The minimum Gasteiger partial charge on any atom is -0.235 e. The lowest BCUT2D eigenvalue weighted by Gasteiger charge is -2.20. The molecule has 1 N–H and O–H groups in total. The maximum atomic E-state index is 12.5. The van der Waals surface area contributed by atoms with Gasteiger partial charge in [0.25, 0.3) is 0 Å². The number of hydrogen-bond donors (Lipinski definition) is 1. The molecule has 0 aliphatic carbocycles. The Morgan fingerprint density at radius 2 is 0.800 bits per heavy atom. The van der Waals surface area contributed by atoms with E-state index in [9.17, 15) is 4.89 Å². The Hall–Kier alpha value is -5.01. The normalized spacial score (nSPS) is 12.6. The van der Waals surface area contributed by atoms with E-state index in [1.54, 1.807) is 0 Å². The molecule has 0 aliphatic rings. The van der Waals surface area contributed by atoms with Gasteiger partial charge in [0, 0.05) is 0 Å². The highest BCUT2D eigenvalue weighted by Gasteiger charge is 2.44. The van der Waals surface area contributed by atoms with Gasteiger partial charge < -0.3 is 0 Å². The molecular formula is C42H33BOP+. The van der Waals surface area contributed by atoms with Crippen molar-refractivity contribution >= 4 is 69.4 Å². The second-order valence-corrected chi connectivity index (χ2v) is 14.2. The molecule has 0 saturated carbocycles. The van der Waals surface area contributed by atoms with Crippen LogP contribution in [-0.2, 0) is 0 Å². The largest absolute Gasteiger partial charge is 0.241 e. The van der Waals surface area contributed by atoms with E-state index in [1.165, 1.54) is 21.8 Å². The number of hydrogen-bond acceptors (Lipinski definition) is 1. The molecule has 0 radical (unpaired) electrons. The fourth-order valence-corrected chi connectivity index (χ4v) is 8.83. The summed E-state index contributed by atoms with van der Waals surface area (Å²) in [5, 5.41) is 5.16. The predicted octanol–water partition coefficient (Wildman–Crippen LogP) is 6.73. The fourth-order valence-electron chi connectivity index (χ4n) is 6.13. The van der Waals surface area contributed by atoms with E-state index >= 15 is 0 Å². The molecule has 0 heterocycles. The van der Waals surface area contributed by atoms with Gasteiger partial charge in [0.05, 0.1) is 0 Å². The maximum Gasteiger partial charge on any atom is 0.241 e. The topological polar surface area (TPSA) is 20.2 Å². The van der Waals surface area contributed by atoms with Crippen LogP contribution in [0.1, 0.15) is 11.1 Å². The van der Waals surface area contributed by atoms with Crippen LogP contribution in [0.5, 0.6) is 0 Å². The molecule has 7 aromatic rings. The number of rotatable bonds is 8. The summed E-state index contributed by atoms with van der Waals surface area (Å²) in [7, 11) is -2.82. The summed E-state index contributed by atoms with van der Waals surface area (Å²) in [4.78, 5) is 12.5. The lowest BCUT2D eigenvalue weighted by molar-refractivity contribution is 0.633. The van der Waals surface area contributed by atoms with Gasteiger partial charge in [0.2, 0.25) is 14.2 Å². The van der Waals surface area contributed by atoms with Crippen molar-refractivity contribution in [1.29, 1.82) is 0 Å². The van der Waals surface area contributed by atoms with E-state index in [2.05, 4.69) is 152 Å². The molecule has 3 heteroatoms. The first-order chi connectivity index (χ1) is 22.2. The lowest BCUT2D eigenvalue weighted by Crippen LogP contribution is -2.51. The third-order valence-corrected chi connectivity index (χ3v) is 11.6. The summed E-state index contributed by atoms with van der Waals surface area (Å²) in [6.45, 7) is 0.187. The predicted molar refractivity (Wildman–Crippen MR) is 198 cm³/mol. The summed E-state index contributed by atoms with van der Waals surface area (Å²) in [6.07, 6.45) is 4.29. The van der Waals surface area contributed by atoms with Crippen LogP contribution in [-0.4, -0.2) is 11.6 Å². The second kappa shape index (κ2) is 12.9. The van der Waals surface area contributed by atoms with Crippen molar-refractivity contribution in [2.75, 3.05) is 0 Å². The third-order valence-electron chi connectivity index (χ3n) is 8.51. The van der Waals surface area contributed by atoms with Gasteiger partial charge in [-0.15, -0.1) is 0 Å².